The highest BCUT2D eigenvalue weighted by atomic mass is 79.9. The summed E-state index contributed by atoms with van der Waals surface area (Å²) in [5, 5.41) is 5.39. The molecule has 0 aliphatic heterocycles. The van der Waals surface area contributed by atoms with Crippen LogP contribution in [0.3, 0.4) is 0 Å². The van der Waals surface area contributed by atoms with Gasteiger partial charge in [-0.25, -0.2) is 4.68 Å². The Balaban J connectivity index is 2.13. The Morgan fingerprint density at radius 1 is 1.39 bits per heavy atom. The minimum absolute atomic E-state index is 0.657. The topological polar surface area (TPSA) is 27.1 Å². The summed E-state index contributed by atoms with van der Waals surface area (Å²) in [6, 6.07) is 8.02. The summed E-state index contributed by atoms with van der Waals surface area (Å²) in [6.07, 6.45) is 4.48. The maximum absolute atomic E-state index is 5.43. The Bertz CT molecular complexity index is 561. The molecule has 1 aromatic carbocycles. The Morgan fingerprint density at radius 2 is 2.17 bits per heavy atom. The van der Waals surface area contributed by atoms with Gasteiger partial charge in [0, 0.05) is 16.8 Å². The van der Waals surface area contributed by atoms with Crippen molar-refractivity contribution in [1.82, 2.24) is 9.78 Å². The van der Waals surface area contributed by atoms with Crippen molar-refractivity contribution in [2.75, 3.05) is 7.11 Å². The highest BCUT2D eigenvalue weighted by Crippen LogP contribution is 2.43. The molecule has 0 saturated heterocycles. The number of methoxy groups -OCH3 is 1. The van der Waals surface area contributed by atoms with Crippen LogP contribution in [-0.4, -0.2) is 16.9 Å². The monoisotopic (exact) mass is 306 g/mol. The first kappa shape index (κ1) is 11.8. The lowest BCUT2D eigenvalue weighted by Gasteiger charge is -2.11. The van der Waals surface area contributed by atoms with Crippen LogP contribution in [0.25, 0.3) is 5.69 Å². The molecule has 94 valence electrons. The van der Waals surface area contributed by atoms with Crippen LogP contribution >= 0.6 is 15.9 Å². The summed E-state index contributed by atoms with van der Waals surface area (Å²) >= 11 is 3.54. The van der Waals surface area contributed by atoms with E-state index in [2.05, 4.69) is 27.1 Å². The van der Waals surface area contributed by atoms with Crippen LogP contribution in [0.1, 0.15) is 30.0 Å². The standard InChI is InChI=1S/C14H15BrN2O/c1-18-13-5-3-2-4-12(13)17-14(10-6-7-10)11(8-15)9-16-17/h2-5,9-10H,6-8H2,1H3. The number of nitrogens with zero attached hydrogens (tertiary/aromatic N) is 2. The minimum atomic E-state index is 0.657. The summed E-state index contributed by atoms with van der Waals surface area (Å²) in [6.45, 7) is 0. The minimum Gasteiger partial charge on any atom is -0.494 e. The van der Waals surface area contributed by atoms with Gasteiger partial charge in [-0.15, -0.1) is 0 Å². The van der Waals surface area contributed by atoms with Gasteiger partial charge in [-0.1, -0.05) is 28.1 Å². The largest absolute Gasteiger partial charge is 0.494 e. The number of hydrogen-bond donors (Lipinski definition) is 0. The average molecular weight is 307 g/mol. The van der Waals surface area contributed by atoms with Crippen LogP contribution in [0, 0.1) is 0 Å². The molecule has 4 heteroatoms. The lowest BCUT2D eigenvalue weighted by atomic mass is 10.2. The van der Waals surface area contributed by atoms with E-state index >= 15 is 0 Å². The first-order valence-corrected chi connectivity index (χ1v) is 7.23. The number of alkyl halides is 1. The van der Waals surface area contributed by atoms with Gasteiger partial charge >= 0.3 is 0 Å². The molecule has 1 aliphatic carbocycles. The van der Waals surface area contributed by atoms with Crippen molar-refractivity contribution >= 4 is 15.9 Å². The van der Waals surface area contributed by atoms with Crippen LogP contribution in [0.4, 0.5) is 0 Å². The molecule has 0 amide bonds. The van der Waals surface area contributed by atoms with Crippen molar-refractivity contribution < 1.29 is 4.74 Å². The van der Waals surface area contributed by atoms with Crippen molar-refractivity contribution in [2.45, 2.75) is 24.1 Å². The number of rotatable bonds is 4. The van der Waals surface area contributed by atoms with E-state index in [-0.39, 0.29) is 0 Å². The molecule has 0 N–H and O–H groups in total. The van der Waals surface area contributed by atoms with E-state index in [1.807, 2.05) is 29.1 Å². The van der Waals surface area contributed by atoms with Crippen LogP contribution < -0.4 is 4.74 Å². The van der Waals surface area contributed by atoms with Gasteiger partial charge in [0.15, 0.2) is 0 Å². The SMILES string of the molecule is COc1ccccc1-n1ncc(CBr)c1C1CC1. The maximum Gasteiger partial charge on any atom is 0.144 e. The fourth-order valence-corrected chi connectivity index (χ4v) is 2.72. The van der Waals surface area contributed by atoms with E-state index < -0.39 is 0 Å². The highest BCUT2D eigenvalue weighted by molar-refractivity contribution is 9.08. The van der Waals surface area contributed by atoms with Gasteiger partial charge in [0.2, 0.25) is 0 Å². The van der Waals surface area contributed by atoms with Gasteiger partial charge in [-0.2, -0.15) is 5.10 Å². The summed E-state index contributed by atoms with van der Waals surface area (Å²) in [5.74, 6) is 1.52. The van der Waals surface area contributed by atoms with Gasteiger partial charge in [0.1, 0.15) is 11.4 Å². The zero-order chi connectivity index (χ0) is 12.5. The fraction of sp³-hybridized carbons (Fsp3) is 0.357. The van der Waals surface area contributed by atoms with Gasteiger partial charge in [0.05, 0.1) is 19.0 Å². The molecule has 3 nitrogen and oxygen atoms in total. The van der Waals surface area contributed by atoms with Gasteiger partial charge in [-0.3, -0.25) is 0 Å². The molecule has 0 atom stereocenters. The van der Waals surface area contributed by atoms with Crippen molar-refractivity contribution in [3.63, 3.8) is 0 Å². The first-order chi connectivity index (χ1) is 8.85. The molecule has 1 fully saturated rings. The molecule has 18 heavy (non-hydrogen) atoms. The van der Waals surface area contributed by atoms with Crippen molar-refractivity contribution in [3.8, 4) is 11.4 Å². The quantitative estimate of drug-likeness (QED) is 0.806. The van der Waals surface area contributed by atoms with Gasteiger partial charge in [-0.05, 0) is 25.0 Å². The predicted molar refractivity (Wildman–Crippen MR) is 74.7 cm³/mol. The van der Waals surface area contributed by atoms with Crippen LogP contribution in [0.15, 0.2) is 30.5 Å². The maximum atomic E-state index is 5.43. The molecule has 0 spiro atoms. The van der Waals surface area contributed by atoms with E-state index in [4.69, 9.17) is 4.74 Å². The van der Waals surface area contributed by atoms with Crippen molar-refractivity contribution in [2.24, 2.45) is 0 Å². The lowest BCUT2D eigenvalue weighted by Crippen LogP contribution is -2.04. The summed E-state index contributed by atoms with van der Waals surface area (Å²) in [5.41, 5.74) is 3.63. The number of aromatic nitrogens is 2. The lowest BCUT2D eigenvalue weighted by molar-refractivity contribution is 0.411. The first-order valence-electron chi connectivity index (χ1n) is 6.11. The molecule has 0 bridgehead atoms. The van der Waals surface area contributed by atoms with Crippen molar-refractivity contribution in [1.29, 1.82) is 0 Å². The van der Waals surface area contributed by atoms with Crippen LogP contribution in [-0.2, 0) is 5.33 Å². The second-order valence-electron chi connectivity index (χ2n) is 4.55. The van der Waals surface area contributed by atoms with Gasteiger partial charge < -0.3 is 4.74 Å². The molecule has 0 radical (unpaired) electrons. The summed E-state index contributed by atoms with van der Waals surface area (Å²) < 4.78 is 7.46. The van der Waals surface area contributed by atoms with E-state index in [0.29, 0.717) is 5.92 Å². The Hall–Kier alpha value is -1.29. The van der Waals surface area contributed by atoms with Crippen LogP contribution in [0.5, 0.6) is 5.75 Å². The molecular weight excluding hydrogens is 292 g/mol. The number of ether oxygens (including phenoxy) is 1. The normalized spacial score (nSPS) is 14.8. The predicted octanol–water partition coefficient (Wildman–Crippen LogP) is 3.65. The Morgan fingerprint density at radius 3 is 2.83 bits per heavy atom. The van der Waals surface area contributed by atoms with Gasteiger partial charge in [0.25, 0.3) is 0 Å². The third kappa shape index (κ3) is 1.94. The molecule has 2 aromatic rings. The van der Waals surface area contributed by atoms with E-state index in [1.54, 1.807) is 7.11 Å². The summed E-state index contributed by atoms with van der Waals surface area (Å²) in [4.78, 5) is 0. The molecule has 1 saturated carbocycles. The number of para-hydroxylation sites is 2. The number of benzene rings is 1. The fourth-order valence-electron chi connectivity index (χ4n) is 2.28. The molecule has 3 rings (SSSR count). The van der Waals surface area contributed by atoms with Crippen LogP contribution in [0.2, 0.25) is 0 Å². The van der Waals surface area contributed by atoms with E-state index in [1.165, 1.54) is 24.1 Å². The molecular formula is C14H15BrN2O. The summed E-state index contributed by atoms with van der Waals surface area (Å²) in [7, 11) is 1.70. The second kappa shape index (κ2) is 4.76. The Labute approximate surface area is 115 Å². The highest BCUT2D eigenvalue weighted by Gasteiger charge is 2.30. The third-order valence-electron chi connectivity index (χ3n) is 3.31. The zero-order valence-corrected chi connectivity index (χ0v) is 11.9. The molecule has 1 aromatic heterocycles. The number of hydrogen-bond acceptors (Lipinski definition) is 2. The number of halogens is 1. The zero-order valence-electron chi connectivity index (χ0n) is 10.3. The second-order valence-corrected chi connectivity index (χ2v) is 5.11. The van der Waals surface area contributed by atoms with E-state index in [0.717, 1.165) is 16.8 Å². The molecule has 1 aliphatic rings. The Kier molecular flexibility index (Phi) is 3.12. The molecule has 0 unspecified atom stereocenters. The van der Waals surface area contributed by atoms with E-state index in [9.17, 15) is 0 Å². The third-order valence-corrected chi connectivity index (χ3v) is 3.91. The average Bonchev–Trinajstić information content (AvgIpc) is 3.17. The molecule has 1 heterocycles. The smallest absolute Gasteiger partial charge is 0.144 e. The van der Waals surface area contributed by atoms with Crippen molar-refractivity contribution in [3.05, 3.63) is 41.7 Å².